The second-order valence-corrected chi connectivity index (χ2v) is 10.6. The fraction of sp³-hybridized carbons (Fsp3) is 0.233. The van der Waals surface area contributed by atoms with Crippen molar-refractivity contribution < 1.29 is 4.79 Å². The molecule has 6 nitrogen and oxygen atoms in total. The number of piperazine rings is 1. The number of nitrogens with zero attached hydrogens (tertiary/aromatic N) is 4. The molecule has 1 aromatic heterocycles. The summed E-state index contributed by atoms with van der Waals surface area (Å²) in [5.41, 5.74) is 4.50. The average molecular weight is 544 g/mol. The predicted octanol–water partition coefficient (Wildman–Crippen LogP) is 6.08. The van der Waals surface area contributed by atoms with Crippen molar-refractivity contribution in [3.63, 3.8) is 0 Å². The Balaban J connectivity index is 1.23. The van der Waals surface area contributed by atoms with Crippen molar-refractivity contribution in [1.29, 1.82) is 0 Å². The van der Waals surface area contributed by atoms with Crippen molar-refractivity contribution in [2.45, 2.75) is 18.1 Å². The molecule has 0 radical (unpaired) electrons. The number of nitrogens with one attached hydrogen (secondary N) is 1. The molecule has 194 valence electrons. The van der Waals surface area contributed by atoms with E-state index >= 15 is 0 Å². The topological polar surface area (TPSA) is 61.4 Å². The van der Waals surface area contributed by atoms with Crippen LogP contribution in [0.1, 0.15) is 22.7 Å². The summed E-state index contributed by atoms with van der Waals surface area (Å²) in [7, 11) is 0. The summed E-state index contributed by atoms with van der Waals surface area (Å²) in [5.74, 6) is 0.893. The molecule has 1 saturated heterocycles. The number of aromatic nitrogens is 2. The van der Waals surface area contributed by atoms with Crippen molar-refractivity contribution >= 4 is 40.8 Å². The Labute approximate surface area is 233 Å². The molecule has 1 N–H and O–H groups in total. The highest BCUT2D eigenvalue weighted by molar-refractivity contribution is 7.99. The molecule has 0 atom stereocenters. The summed E-state index contributed by atoms with van der Waals surface area (Å²) in [5, 5.41) is 3.79. The van der Waals surface area contributed by atoms with Crippen LogP contribution >= 0.6 is 23.4 Å². The van der Waals surface area contributed by atoms with Crippen molar-refractivity contribution in [3.05, 3.63) is 113 Å². The number of carbonyl (C=O) groups is 1. The standard InChI is InChI=1S/C30H30ClN5OS/c1-22-12-14-25(15-13-22)32-28(37)21-38-30-33-26(31)20-27(34-30)35-16-18-36(19-17-35)29(23-8-4-2-5-9-23)24-10-6-3-7-11-24/h2-15,20,29H,16-19,21H2,1H3,(H,32,37). The molecule has 1 aliphatic heterocycles. The average Bonchev–Trinajstić information content (AvgIpc) is 2.95. The number of hydrogen-bond donors (Lipinski definition) is 1. The molecule has 0 unspecified atom stereocenters. The van der Waals surface area contributed by atoms with E-state index in [1.54, 1.807) is 6.07 Å². The van der Waals surface area contributed by atoms with Gasteiger partial charge in [-0.15, -0.1) is 0 Å². The van der Waals surface area contributed by atoms with E-state index in [0.717, 1.165) is 43.2 Å². The zero-order valence-electron chi connectivity index (χ0n) is 21.3. The molecule has 0 saturated carbocycles. The van der Waals surface area contributed by atoms with Crippen LogP contribution in [0.15, 0.2) is 96.2 Å². The number of aryl methyl sites for hydroxylation is 1. The fourth-order valence-corrected chi connectivity index (χ4v) is 5.55. The van der Waals surface area contributed by atoms with E-state index in [2.05, 4.69) is 80.8 Å². The molecule has 1 fully saturated rings. The molecular formula is C30H30ClN5OS. The first kappa shape index (κ1) is 26.2. The molecule has 0 spiro atoms. The molecular weight excluding hydrogens is 514 g/mol. The Kier molecular flexibility index (Phi) is 8.58. The molecule has 8 heteroatoms. The van der Waals surface area contributed by atoms with Crippen LogP contribution in [-0.4, -0.2) is 52.7 Å². The predicted molar refractivity (Wildman–Crippen MR) is 156 cm³/mol. The highest BCUT2D eigenvalue weighted by atomic mass is 35.5. The number of anilines is 2. The highest BCUT2D eigenvalue weighted by Crippen LogP contribution is 2.31. The molecule has 5 rings (SSSR count). The van der Waals surface area contributed by atoms with E-state index in [-0.39, 0.29) is 17.7 Å². The number of carbonyl (C=O) groups excluding carboxylic acids is 1. The van der Waals surface area contributed by atoms with Gasteiger partial charge >= 0.3 is 0 Å². The Morgan fingerprint density at radius 3 is 2.11 bits per heavy atom. The lowest BCUT2D eigenvalue weighted by Gasteiger charge is -2.40. The summed E-state index contributed by atoms with van der Waals surface area (Å²) >= 11 is 7.65. The second kappa shape index (κ2) is 12.4. The van der Waals surface area contributed by atoms with E-state index < -0.39 is 0 Å². The van der Waals surface area contributed by atoms with Gasteiger partial charge in [-0.3, -0.25) is 9.69 Å². The smallest absolute Gasteiger partial charge is 0.234 e. The first-order chi connectivity index (χ1) is 18.5. The lowest BCUT2D eigenvalue weighted by Crippen LogP contribution is -2.48. The highest BCUT2D eigenvalue weighted by Gasteiger charge is 2.27. The maximum Gasteiger partial charge on any atom is 0.234 e. The molecule has 0 bridgehead atoms. The molecule has 1 amide bonds. The van der Waals surface area contributed by atoms with Crippen molar-refractivity contribution in [2.75, 3.05) is 42.1 Å². The van der Waals surface area contributed by atoms with Crippen LogP contribution in [0.3, 0.4) is 0 Å². The Hall–Kier alpha value is -3.39. The summed E-state index contributed by atoms with van der Waals surface area (Å²) < 4.78 is 0. The third-order valence-corrected chi connectivity index (χ3v) is 7.60. The van der Waals surface area contributed by atoms with Gasteiger partial charge in [0.1, 0.15) is 11.0 Å². The zero-order valence-corrected chi connectivity index (χ0v) is 22.8. The van der Waals surface area contributed by atoms with Crippen LogP contribution in [0.2, 0.25) is 5.15 Å². The molecule has 38 heavy (non-hydrogen) atoms. The Morgan fingerprint density at radius 2 is 1.50 bits per heavy atom. The fourth-order valence-electron chi connectivity index (χ4n) is 4.67. The van der Waals surface area contributed by atoms with Crippen LogP contribution in [0.4, 0.5) is 11.5 Å². The van der Waals surface area contributed by atoms with Gasteiger partial charge < -0.3 is 10.2 Å². The van der Waals surface area contributed by atoms with E-state index in [9.17, 15) is 4.79 Å². The molecule has 1 aliphatic rings. The summed E-state index contributed by atoms with van der Waals surface area (Å²) in [6.07, 6.45) is 0. The Bertz CT molecular complexity index is 1310. The molecule has 3 aromatic carbocycles. The quantitative estimate of drug-likeness (QED) is 0.165. The monoisotopic (exact) mass is 543 g/mol. The first-order valence-corrected chi connectivity index (χ1v) is 14.0. The van der Waals surface area contributed by atoms with Gasteiger partial charge in [-0.2, -0.15) is 0 Å². The largest absolute Gasteiger partial charge is 0.354 e. The SMILES string of the molecule is Cc1ccc(NC(=O)CSc2nc(Cl)cc(N3CCN(C(c4ccccc4)c4ccccc4)CC3)n2)cc1. The number of halogens is 1. The van der Waals surface area contributed by atoms with Gasteiger partial charge in [-0.25, -0.2) is 9.97 Å². The van der Waals surface area contributed by atoms with E-state index in [1.165, 1.54) is 22.9 Å². The van der Waals surface area contributed by atoms with E-state index in [1.807, 2.05) is 31.2 Å². The van der Waals surface area contributed by atoms with Crippen LogP contribution in [-0.2, 0) is 4.79 Å². The van der Waals surface area contributed by atoms with Gasteiger partial charge in [0, 0.05) is 37.9 Å². The summed E-state index contributed by atoms with van der Waals surface area (Å²) in [4.78, 5) is 26.3. The van der Waals surface area contributed by atoms with Crippen LogP contribution in [0.5, 0.6) is 0 Å². The van der Waals surface area contributed by atoms with Crippen molar-refractivity contribution in [3.8, 4) is 0 Å². The summed E-state index contributed by atoms with van der Waals surface area (Å²) in [6.45, 7) is 5.43. The number of benzene rings is 3. The number of rotatable bonds is 8. The van der Waals surface area contributed by atoms with Crippen LogP contribution < -0.4 is 10.2 Å². The van der Waals surface area contributed by atoms with Gasteiger partial charge in [-0.05, 0) is 30.2 Å². The van der Waals surface area contributed by atoms with Crippen molar-refractivity contribution in [1.82, 2.24) is 14.9 Å². The molecule has 4 aromatic rings. The van der Waals surface area contributed by atoms with Gasteiger partial charge in [0.05, 0.1) is 11.8 Å². The minimum absolute atomic E-state index is 0.106. The molecule has 2 heterocycles. The van der Waals surface area contributed by atoms with Gasteiger partial charge in [0.25, 0.3) is 0 Å². The van der Waals surface area contributed by atoms with E-state index in [4.69, 9.17) is 16.6 Å². The number of hydrogen-bond acceptors (Lipinski definition) is 6. The Morgan fingerprint density at radius 1 is 0.895 bits per heavy atom. The van der Waals surface area contributed by atoms with Gasteiger partial charge in [0.15, 0.2) is 5.16 Å². The maximum absolute atomic E-state index is 12.4. The lowest BCUT2D eigenvalue weighted by molar-refractivity contribution is -0.113. The van der Waals surface area contributed by atoms with Crippen LogP contribution in [0.25, 0.3) is 0 Å². The lowest BCUT2D eigenvalue weighted by atomic mass is 9.96. The third-order valence-electron chi connectivity index (χ3n) is 6.56. The molecule has 0 aliphatic carbocycles. The van der Waals surface area contributed by atoms with Crippen LogP contribution in [0, 0.1) is 6.92 Å². The van der Waals surface area contributed by atoms with Gasteiger partial charge in [0.2, 0.25) is 5.91 Å². The maximum atomic E-state index is 12.4. The van der Waals surface area contributed by atoms with Crippen molar-refractivity contribution in [2.24, 2.45) is 0 Å². The first-order valence-electron chi connectivity index (χ1n) is 12.7. The number of thioether (sulfide) groups is 1. The van der Waals surface area contributed by atoms with Gasteiger partial charge in [-0.1, -0.05) is 102 Å². The normalized spacial score (nSPS) is 14.0. The second-order valence-electron chi connectivity index (χ2n) is 9.28. The number of amides is 1. The van der Waals surface area contributed by atoms with E-state index in [0.29, 0.717) is 10.3 Å². The zero-order chi connectivity index (χ0) is 26.3. The minimum Gasteiger partial charge on any atom is -0.354 e. The minimum atomic E-state index is -0.106. The summed E-state index contributed by atoms with van der Waals surface area (Å²) in [6, 6.07) is 31.1. The third kappa shape index (κ3) is 6.72.